The van der Waals surface area contributed by atoms with E-state index in [4.69, 9.17) is 28.4 Å². The van der Waals surface area contributed by atoms with Crippen molar-refractivity contribution in [3.63, 3.8) is 0 Å². The van der Waals surface area contributed by atoms with E-state index in [0.717, 1.165) is 71.5 Å². The minimum Gasteiger partial charge on any atom is -1.00 e. The molecule has 14 nitrogen and oxygen atoms in total. The van der Waals surface area contributed by atoms with Crippen LogP contribution in [0.5, 0.6) is 23.0 Å². The Bertz CT molecular complexity index is 1830. The average molecular weight is 1020 g/mol. The van der Waals surface area contributed by atoms with Crippen molar-refractivity contribution in [2.45, 2.75) is 180 Å². The van der Waals surface area contributed by atoms with Gasteiger partial charge in [-0.3, -0.25) is 28.8 Å². The SMILES string of the molecule is CCC(=O)Oc1ccc(C[N+]2(C)C3CCC2CC(OC(=O)CCCCC(=O)OC2CC4CCC(C2)[N+]4(C)Cc2ccc(OC(=O)CC)c(OC(=O)CC)c2)C3)cc1OC(=O)CC.[Br-].[Br-]. The lowest BCUT2D eigenvalue weighted by Crippen LogP contribution is -3.00. The third-order valence-electron chi connectivity index (χ3n) is 13.9. The van der Waals surface area contributed by atoms with Crippen LogP contribution >= 0.6 is 0 Å². The number of hydrogen-bond acceptors (Lipinski definition) is 12. The van der Waals surface area contributed by atoms with Crippen LogP contribution in [0.4, 0.5) is 0 Å². The van der Waals surface area contributed by atoms with Crippen LogP contribution < -0.4 is 52.9 Å². The van der Waals surface area contributed by atoms with E-state index in [9.17, 15) is 28.8 Å². The molecule has 0 aromatic heterocycles. The van der Waals surface area contributed by atoms with Crippen LogP contribution in [-0.4, -0.2) is 95.3 Å². The molecule has 4 fully saturated rings. The normalized spacial score (nSPS) is 26.3. The van der Waals surface area contributed by atoms with Crippen molar-refractivity contribution in [1.82, 2.24) is 0 Å². The summed E-state index contributed by atoms with van der Waals surface area (Å²) in [5.41, 5.74) is 1.96. The number of nitrogens with zero attached hydrogens (tertiary/aromatic N) is 2. The Hall–Kier alpha value is -3.86. The van der Waals surface area contributed by atoms with Crippen LogP contribution in [0.25, 0.3) is 0 Å². The first-order chi connectivity index (χ1) is 29.7. The van der Waals surface area contributed by atoms with Gasteiger partial charge in [0.1, 0.15) is 25.3 Å². The summed E-state index contributed by atoms with van der Waals surface area (Å²) in [7, 11) is 4.50. The van der Waals surface area contributed by atoms with E-state index in [-0.39, 0.29) is 120 Å². The van der Waals surface area contributed by atoms with E-state index >= 15 is 0 Å². The summed E-state index contributed by atoms with van der Waals surface area (Å²) < 4.78 is 35.6. The van der Waals surface area contributed by atoms with Gasteiger partial charge in [-0.25, -0.2) is 0 Å². The number of piperidine rings is 2. The highest BCUT2D eigenvalue weighted by Crippen LogP contribution is 2.46. The number of unbranched alkanes of at least 4 members (excludes halogenated alkanes) is 1. The van der Waals surface area contributed by atoms with Crippen molar-refractivity contribution in [3.05, 3.63) is 47.5 Å². The molecule has 4 aliphatic heterocycles. The quantitative estimate of drug-likeness (QED) is 0.0869. The zero-order valence-corrected chi connectivity index (χ0v) is 41.4. The van der Waals surface area contributed by atoms with Gasteiger partial charge in [0.15, 0.2) is 23.0 Å². The molecular formula is C48H66Br2N2O12. The number of esters is 6. The molecule has 0 N–H and O–H groups in total. The first-order valence-corrected chi connectivity index (χ1v) is 22.8. The summed E-state index contributed by atoms with van der Waals surface area (Å²) in [6.45, 7) is 8.26. The number of hydrogen-bond donors (Lipinski definition) is 0. The molecular weight excluding hydrogens is 956 g/mol. The summed E-state index contributed by atoms with van der Waals surface area (Å²) in [5.74, 6) is -1.11. The molecule has 2 aromatic carbocycles. The molecule has 4 bridgehead atoms. The maximum absolute atomic E-state index is 13.0. The van der Waals surface area contributed by atoms with Gasteiger partial charge in [-0.1, -0.05) is 27.7 Å². The lowest BCUT2D eigenvalue weighted by Gasteiger charge is -2.47. The van der Waals surface area contributed by atoms with Crippen LogP contribution in [-0.2, 0) is 51.3 Å². The summed E-state index contributed by atoms with van der Waals surface area (Å²) in [4.78, 5) is 74.4. The Kier molecular flexibility index (Phi) is 19.4. The highest BCUT2D eigenvalue weighted by molar-refractivity contribution is 5.77. The van der Waals surface area contributed by atoms with E-state index in [2.05, 4.69) is 14.1 Å². The first-order valence-electron chi connectivity index (χ1n) is 22.8. The maximum Gasteiger partial charge on any atom is 0.311 e. The number of carbonyl (C=O) groups excluding carboxylic acids is 6. The van der Waals surface area contributed by atoms with Crippen LogP contribution in [0.3, 0.4) is 0 Å². The van der Waals surface area contributed by atoms with Crippen molar-refractivity contribution in [2.24, 2.45) is 0 Å². The number of benzene rings is 2. The molecule has 0 amide bonds. The number of ether oxygens (including phenoxy) is 6. The highest BCUT2D eigenvalue weighted by atomic mass is 79.9. The molecule has 4 saturated heterocycles. The molecule has 0 radical (unpaired) electrons. The maximum atomic E-state index is 13.0. The molecule has 4 heterocycles. The van der Waals surface area contributed by atoms with Crippen molar-refractivity contribution < 1.29 is 100 Å². The summed E-state index contributed by atoms with van der Waals surface area (Å²) in [5, 5.41) is 0. The van der Waals surface area contributed by atoms with Crippen molar-refractivity contribution in [3.8, 4) is 23.0 Å². The number of fused-ring (bicyclic) bond motifs is 4. The van der Waals surface area contributed by atoms with E-state index in [1.165, 1.54) is 0 Å². The topological polar surface area (TPSA) is 158 Å². The Balaban J connectivity index is 0.00000449. The summed E-state index contributed by atoms with van der Waals surface area (Å²) >= 11 is 0. The smallest absolute Gasteiger partial charge is 0.311 e. The first kappa shape index (κ1) is 52.8. The fourth-order valence-electron chi connectivity index (χ4n) is 10.3. The van der Waals surface area contributed by atoms with Gasteiger partial charge in [0.2, 0.25) is 0 Å². The van der Waals surface area contributed by atoms with E-state index in [0.29, 0.717) is 50.1 Å². The van der Waals surface area contributed by atoms with Crippen LogP contribution in [0.1, 0.15) is 142 Å². The number of halogens is 2. The standard InChI is InChI=1S/C48H66N2O12.2BrH/c1-7-43(51)59-39-21-15-31(23-41(39)61-45(53)9-3)29-49(5)33-17-18-34(49)26-37(25-33)57-47(55)13-11-12-14-48(56)58-38-27-35-19-20-36(28-38)50(35,6)30-32-16-22-40(60-44(52)8-2)42(24-32)62-46(54)10-4;;/h15-16,21-24,33-38H,7-14,17-20,25-30H2,1-6H3;2*1H/q+2;;/p-2. The number of carbonyl (C=O) groups is 6. The van der Waals surface area contributed by atoms with Crippen LogP contribution in [0.15, 0.2) is 36.4 Å². The predicted molar refractivity (Wildman–Crippen MR) is 227 cm³/mol. The van der Waals surface area contributed by atoms with Crippen molar-refractivity contribution >= 4 is 35.8 Å². The van der Waals surface area contributed by atoms with Crippen molar-refractivity contribution in [1.29, 1.82) is 0 Å². The van der Waals surface area contributed by atoms with E-state index in [1.54, 1.807) is 52.0 Å². The lowest BCUT2D eigenvalue weighted by molar-refractivity contribution is -0.961. The summed E-state index contributed by atoms with van der Waals surface area (Å²) in [6, 6.07) is 12.1. The summed E-state index contributed by atoms with van der Waals surface area (Å²) in [6.07, 6.45) is 9.34. The van der Waals surface area contributed by atoms with Gasteiger partial charge in [-0.05, 0) is 49.2 Å². The molecule has 16 heteroatoms. The monoisotopic (exact) mass is 1020 g/mol. The second kappa shape index (κ2) is 23.5. The van der Waals surface area contributed by atoms with Gasteiger partial charge in [0, 0.05) is 101 Å². The van der Waals surface area contributed by atoms with Crippen LogP contribution in [0, 0.1) is 0 Å². The molecule has 6 rings (SSSR count). The zero-order valence-electron chi connectivity index (χ0n) is 38.2. The Morgan fingerprint density at radius 2 is 0.766 bits per heavy atom. The van der Waals surface area contributed by atoms with Gasteiger partial charge in [0.05, 0.1) is 38.3 Å². The molecule has 354 valence electrons. The lowest BCUT2D eigenvalue weighted by atomic mass is 9.95. The third kappa shape index (κ3) is 12.9. The van der Waals surface area contributed by atoms with Crippen molar-refractivity contribution in [2.75, 3.05) is 14.1 Å². The Labute approximate surface area is 398 Å². The molecule has 2 aromatic rings. The fourth-order valence-corrected chi connectivity index (χ4v) is 10.3. The highest BCUT2D eigenvalue weighted by Gasteiger charge is 2.53. The molecule has 64 heavy (non-hydrogen) atoms. The molecule has 4 unspecified atom stereocenters. The average Bonchev–Trinajstić information content (AvgIpc) is 3.46. The molecule has 0 saturated carbocycles. The zero-order chi connectivity index (χ0) is 44.6. The second-order valence-corrected chi connectivity index (χ2v) is 18.0. The molecule has 4 aliphatic rings. The fraction of sp³-hybridized carbons (Fsp3) is 0.625. The van der Waals surface area contributed by atoms with Gasteiger partial charge in [-0.15, -0.1) is 0 Å². The van der Waals surface area contributed by atoms with E-state index in [1.807, 2.05) is 12.1 Å². The molecule has 4 atom stereocenters. The van der Waals surface area contributed by atoms with Gasteiger partial charge in [0.25, 0.3) is 0 Å². The predicted octanol–water partition coefficient (Wildman–Crippen LogP) is 1.58. The van der Waals surface area contributed by atoms with Gasteiger partial charge in [-0.2, -0.15) is 0 Å². The Morgan fingerprint density at radius 3 is 1.06 bits per heavy atom. The third-order valence-corrected chi connectivity index (χ3v) is 13.9. The largest absolute Gasteiger partial charge is 1.00 e. The van der Waals surface area contributed by atoms with Crippen LogP contribution in [0.2, 0.25) is 0 Å². The Morgan fingerprint density at radius 1 is 0.469 bits per heavy atom. The number of rotatable bonds is 19. The second-order valence-electron chi connectivity index (χ2n) is 18.0. The number of quaternary nitrogens is 2. The minimum atomic E-state index is -0.404. The van der Waals surface area contributed by atoms with Gasteiger partial charge < -0.3 is 71.4 Å². The van der Waals surface area contributed by atoms with Gasteiger partial charge >= 0.3 is 35.8 Å². The molecule has 0 aliphatic carbocycles. The molecule has 0 spiro atoms. The minimum absolute atomic E-state index is 0. The van der Waals surface area contributed by atoms with E-state index < -0.39 is 23.9 Å².